The van der Waals surface area contributed by atoms with Crippen molar-refractivity contribution in [3.63, 3.8) is 0 Å². The summed E-state index contributed by atoms with van der Waals surface area (Å²) in [4.78, 5) is 46.5. The maximum Gasteiger partial charge on any atom is 0.319 e. The third-order valence-corrected chi connectivity index (χ3v) is 10.2. The van der Waals surface area contributed by atoms with Gasteiger partial charge in [-0.05, 0) is 86.4 Å². The van der Waals surface area contributed by atoms with E-state index in [0.717, 1.165) is 12.8 Å². The number of nitrogens with two attached hydrogens (primary N) is 1. The highest BCUT2D eigenvalue weighted by molar-refractivity contribution is 6.04. The molecule has 3 aliphatic rings. The average molecular weight is 641 g/mol. The van der Waals surface area contributed by atoms with Gasteiger partial charge in [0.1, 0.15) is 18.1 Å². The molecule has 3 heterocycles. The van der Waals surface area contributed by atoms with E-state index in [0.29, 0.717) is 39.0 Å². The molecule has 3 rings (SSSR count). The minimum Gasteiger partial charge on any atom is -0.463 e. The Morgan fingerprint density at radius 3 is 2.33 bits per heavy atom. The molecule has 260 valence electrons. The van der Waals surface area contributed by atoms with Gasteiger partial charge in [0.25, 0.3) is 0 Å². The summed E-state index contributed by atoms with van der Waals surface area (Å²) in [5.74, 6) is -1.30. The van der Waals surface area contributed by atoms with Gasteiger partial charge in [-0.3, -0.25) is 19.3 Å². The third kappa shape index (κ3) is 9.03. The number of nitrogens with zero attached hydrogens (tertiary/aromatic N) is 3. The number of carbonyl (C=O) groups is 3. The zero-order valence-electron chi connectivity index (χ0n) is 29.3. The van der Waals surface area contributed by atoms with Crippen molar-refractivity contribution in [2.24, 2.45) is 28.9 Å². The van der Waals surface area contributed by atoms with Gasteiger partial charge in [-0.15, -0.1) is 0 Å². The zero-order valence-corrected chi connectivity index (χ0v) is 29.3. The van der Waals surface area contributed by atoms with Crippen molar-refractivity contribution in [2.75, 3.05) is 61.0 Å². The summed E-state index contributed by atoms with van der Waals surface area (Å²) >= 11 is 0. The Morgan fingerprint density at radius 2 is 1.76 bits per heavy atom. The number of Topliss-reactive ketones (excluding diaryl/α,β-unsaturated/α-hetero) is 1. The molecule has 12 nitrogen and oxygen atoms in total. The fourth-order valence-electron chi connectivity index (χ4n) is 7.51. The first-order valence-corrected chi connectivity index (χ1v) is 16.5. The van der Waals surface area contributed by atoms with Crippen molar-refractivity contribution < 1.29 is 38.4 Å². The van der Waals surface area contributed by atoms with E-state index in [-0.39, 0.29) is 42.3 Å². The highest BCUT2D eigenvalue weighted by Gasteiger charge is 2.51. The molecule has 0 bridgehead atoms. The molecule has 3 fully saturated rings. The summed E-state index contributed by atoms with van der Waals surface area (Å²) in [6.45, 7) is 13.4. The van der Waals surface area contributed by atoms with Gasteiger partial charge in [-0.2, -0.15) is 0 Å². The van der Waals surface area contributed by atoms with E-state index in [1.807, 2.05) is 44.8 Å². The number of amides is 1. The first-order valence-electron chi connectivity index (χ1n) is 16.5. The van der Waals surface area contributed by atoms with E-state index in [4.69, 9.17) is 24.7 Å². The van der Waals surface area contributed by atoms with Crippen LogP contribution in [0.1, 0.15) is 67.2 Å². The number of cyclic esters (lactones) is 1. The first kappa shape index (κ1) is 37.8. The van der Waals surface area contributed by atoms with Crippen LogP contribution < -0.4 is 5.73 Å². The third-order valence-electron chi connectivity index (χ3n) is 10.2. The largest absolute Gasteiger partial charge is 0.463 e. The van der Waals surface area contributed by atoms with Gasteiger partial charge in [0.2, 0.25) is 5.91 Å². The van der Waals surface area contributed by atoms with Gasteiger partial charge >= 0.3 is 5.97 Å². The van der Waals surface area contributed by atoms with Crippen LogP contribution in [-0.4, -0.2) is 141 Å². The van der Waals surface area contributed by atoms with Gasteiger partial charge in [0, 0.05) is 44.7 Å². The van der Waals surface area contributed by atoms with Crippen molar-refractivity contribution in [2.45, 2.75) is 110 Å². The molecule has 3 aliphatic heterocycles. The molecule has 1 amide bonds. The number of aliphatic hydroxyl groups excluding tert-OH is 1. The number of rotatable bonds is 6. The Hall–Kier alpha value is -1.67. The highest BCUT2D eigenvalue weighted by Crippen LogP contribution is 2.38. The Kier molecular flexibility index (Phi) is 13.0. The lowest BCUT2D eigenvalue weighted by atomic mass is 9.74. The molecule has 0 spiro atoms. The van der Waals surface area contributed by atoms with E-state index in [1.54, 1.807) is 27.9 Å². The first-order chi connectivity index (χ1) is 20.9. The van der Waals surface area contributed by atoms with Gasteiger partial charge in [-0.1, -0.05) is 13.8 Å². The maximum atomic E-state index is 14.1. The number of ketones is 1. The molecular formula is C33H60N4O8. The second kappa shape index (κ2) is 15.5. The molecule has 0 aliphatic carbocycles. The summed E-state index contributed by atoms with van der Waals surface area (Å²) in [5.41, 5.74) is 3.77. The van der Waals surface area contributed by atoms with E-state index < -0.39 is 47.4 Å². The average Bonchev–Trinajstić information content (AvgIpc) is 2.96. The van der Waals surface area contributed by atoms with Crippen molar-refractivity contribution in [1.82, 2.24) is 14.7 Å². The normalized spacial score (nSPS) is 38.3. The fourth-order valence-corrected chi connectivity index (χ4v) is 7.51. The van der Waals surface area contributed by atoms with Gasteiger partial charge in [0.05, 0.1) is 24.4 Å². The van der Waals surface area contributed by atoms with E-state index in [2.05, 4.69) is 11.8 Å². The van der Waals surface area contributed by atoms with Crippen LogP contribution in [0.25, 0.3) is 0 Å². The van der Waals surface area contributed by atoms with Crippen LogP contribution in [-0.2, 0) is 33.3 Å². The predicted octanol–water partition coefficient (Wildman–Crippen LogP) is 1.51. The molecule has 0 aromatic heterocycles. The number of esters is 1. The van der Waals surface area contributed by atoms with Crippen LogP contribution in [0, 0.1) is 23.2 Å². The van der Waals surface area contributed by atoms with Crippen LogP contribution in [0.15, 0.2) is 0 Å². The Balaban J connectivity index is 1.90. The van der Waals surface area contributed by atoms with Crippen molar-refractivity contribution >= 4 is 17.7 Å². The zero-order chi connectivity index (χ0) is 33.9. The van der Waals surface area contributed by atoms with Crippen molar-refractivity contribution in [3.8, 4) is 0 Å². The number of methoxy groups -OCH3 is 1. The number of aliphatic hydroxyl groups is 1. The number of hydrogen-bond acceptors (Lipinski definition) is 11. The second-order valence-corrected chi connectivity index (χ2v) is 14.9. The van der Waals surface area contributed by atoms with Crippen molar-refractivity contribution in [3.05, 3.63) is 0 Å². The molecule has 0 radical (unpaired) electrons. The lowest BCUT2D eigenvalue weighted by Gasteiger charge is -2.46. The Morgan fingerprint density at radius 1 is 1.13 bits per heavy atom. The number of likely N-dealkylation sites (tertiary alicyclic amines) is 1. The number of carbonyl (C=O) groups excluding carboxylic acids is 3. The van der Waals surface area contributed by atoms with Crippen LogP contribution in [0.4, 0.5) is 0 Å². The number of likely N-dealkylation sites (N-methyl/N-ethyl adjacent to an activating group) is 2. The summed E-state index contributed by atoms with van der Waals surface area (Å²) < 4.78 is 24.6. The van der Waals surface area contributed by atoms with Crippen molar-refractivity contribution in [1.29, 1.82) is 0 Å². The number of ether oxygens (including phenoxy) is 4. The molecule has 45 heavy (non-hydrogen) atoms. The minimum absolute atomic E-state index is 0.0822. The van der Waals surface area contributed by atoms with E-state index in [1.165, 1.54) is 0 Å². The summed E-state index contributed by atoms with van der Waals surface area (Å²) in [6, 6.07) is -0.622. The molecule has 0 aromatic rings. The van der Waals surface area contributed by atoms with Crippen LogP contribution in [0.3, 0.4) is 0 Å². The predicted molar refractivity (Wildman–Crippen MR) is 170 cm³/mol. The molecule has 0 saturated carbocycles. The van der Waals surface area contributed by atoms with Gasteiger partial charge in [0.15, 0.2) is 12.1 Å². The monoisotopic (exact) mass is 640 g/mol. The lowest BCUT2D eigenvalue weighted by molar-refractivity contribution is -0.288. The van der Waals surface area contributed by atoms with E-state index in [9.17, 15) is 19.5 Å². The molecule has 0 aromatic carbocycles. The maximum absolute atomic E-state index is 14.1. The summed E-state index contributed by atoms with van der Waals surface area (Å²) in [6.07, 6.45) is -0.603. The summed E-state index contributed by atoms with van der Waals surface area (Å²) in [5, 5.41) is 10.9. The quantitative estimate of drug-likeness (QED) is 0.322. The highest BCUT2D eigenvalue weighted by atomic mass is 16.7. The van der Waals surface area contributed by atoms with Crippen LogP contribution in [0.5, 0.6) is 0 Å². The number of piperidine rings is 1. The molecule has 9 atom stereocenters. The smallest absolute Gasteiger partial charge is 0.319 e. The Labute approximate surface area is 270 Å². The fraction of sp³-hybridized carbons (Fsp3) is 0.909. The molecule has 0 unspecified atom stereocenters. The summed E-state index contributed by atoms with van der Waals surface area (Å²) in [7, 11) is 7.43. The molecule has 3 N–H and O–H groups in total. The van der Waals surface area contributed by atoms with Crippen LogP contribution in [0.2, 0.25) is 0 Å². The lowest BCUT2D eigenvalue weighted by Crippen LogP contribution is -2.59. The molecule has 3 saturated heterocycles. The molecule has 12 heteroatoms. The Bertz CT molecular complexity index is 1020. The number of hydrogen-bond donors (Lipinski definition) is 2. The van der Waals surface area contributed by atoms with E-state index >= 15 is 0 Å². The SMILES string of the molecule is CO[C@]1(C)C[C@@H](C)CN(C)[C@H](C2CCN(C(=O)CN(C)C)CC2)COC(=O)C(C)(C)C(=O)[C@H](C)[C@H]1O[C@@H]1O[C@H](C)C[C@H](N)[C@H]1O. The second-order valence-electron chi connectivity index (χ2n) is 14.9. The van der Waals surface area contributed by atoms with Gasteiger partial charge < -0.3 is 39.6 Å². The standard InChI is InChI=1S/C33H60N4O8/c1-20-16-33(6,42-10)29(45-30-27(39)24(34)15-21(2)44-30)22(3)28(40)32(4,5)31(41)43-19-25(36(9)17-20)23-11-13-37(14-12-23)26(38)18-35(7)8/h20-25,27,29-30,39H,11-19,34H2,1-10H3/t20-,21-,22+,24+,25+,27-,29-,30+,33-/m1/s1. The topological polar surface area (TPSA) is 144 Å². The van der Waals surface area contributed by atoms with Gasteiger partial charge in [-0.25, -0.2) is 0 Å². The minimum atomic E-state index is -1.46. The molecular weight excluding hydrogens is 580 g/mol. The van der Waals surface area contributed by atoms with Crippen LogP contribution >= 0.6 is 0 Å².